The molecule has 4 rings (SSSR count). The number of piperidine rings is 1. The molecule has 0 N–H and O–H groups in total. The van der Waals surface area contributed by atoms with E-state index in [-0.39, 0.29) is 5.91 Å². The van der Waals surface area contributed by atoms with Gasteiger partial charge in [0.1, 0.15) is 11.3 Å². The minimum absolute atomic E-state index is 0.0341. The van der Waals surface area contributed by atoms with Crippen molar-refractivity contribution in [1.29, 1.82) is 0 Å². The molecule has 2 saturated heterocycles. The third-order valence-corrected chi connectivity index (χ3v) is 4.74. The molecule has 1 amide bonds. The number of carbonyl (C=O) groups is 1. The summed E-state index contributed by atoms with van der Waals surface area (Å²) in [6.45, 7) is 4.69. The van der Waals surface area contributed by atoms with Crippen molar-refractivity contribution in [2.45, 2.75) is 32.0 Å². The van der Waals surface area contributed by atoms with Crippen LogP contribution in [0.2, 0.25) is 0 Å². The van der Waals surface area contributed by atoms with E-state index in [2.05, 4.69) is 4.98 Å². The lowest BCUT2D eigenvalue weighted by molar-refractivity contribution is -0.281. The molecule has 2 aliphatic rings. The Morgan fingerprint density at radius 1 is 1.22 bits per heavy atom. The number of rotatable bonds is 1. The molecule has 122 valence electrons. The molecule has 0 aromatic carbocycles. The first-order valence-electron chi connectivity index (χ1n) is 8.19. The van der Waals surface area contributed by atoms with E-state index in [0.717, 1.165) is 43.8 Å². The van der Waals surface area contributed by atoms with Crippen LogP contribution in [0.4, 0.5) is 0 Å². The molecule has 23 heavy (non-hydrogen) atoms. The number of pyridine rings is 1. The molecule has 6 heteroatoms. The molecule has 2 fully saturated rings. The Kier molecular flexibility index (Phi) is 3.58. The number of fused-ring (bicyclic) bond motifs is 1. The van der Waals surface area contributed by atoms with E-state index in [4.69, 9.17) is 9.47 Å². The first kappa shape index (κ1) is 14.7. The molecule has 0 bridgehead atoms. The normalized spacial score (nSPS) is 21.0. The zero-order valence-electron chi connectivity index (χ0n) is 13.3. The van der Waals surface area contributed by atoms with Gasteiger partial charge in [0.05, 0.1) is 18.9 Å². The molecule has 0 radical (unpaired) electrons. The summed E-state index contributed by atoms with van der Waals surface area (Å²) in [4.78, 5) is 19.3. The largest absolute Gasteiger partial charge is 0.350 e. The van der Waals surface area contributed by atoms with Crippen LogP contribution in [-0.2, 0) is 9.47 Å². The molecule has 2 aromatic rings. The van der Waals surface area contributed by atoms with Crippen molar-refractivity contribution in [1.82, 2.24) is 14.3 Å². The van der Waals surface area contributed by atoms with E-state index in [1.165, 1.54) is 0 Å². The van der Waals surface area contributed by atoms with Crippen molar-refractivity contribution < 1.29 is 14.3 Å². The maximum atomic E-state index is 13.0. The number of hydrogen-bond acceptors (Lipinski definition) is 4. The zero-order valence-corrected chi connectivity index (χ0v) is 13.3. The highest BCUT2D eigenvalue weighted by Gasteiger charge is 2.40. The Morgan fingerprint density at radius 3 is 2.70 bits per heavy atom. The molecule has 4 heterocycles. The molecule has 1 spiro atoms. The minimum Gasteiger partial charge on any atom is -0.350 e. The lowest BCUT2D eigenvalue weighted by Gasteiger charge is -2.43. The van der Waals surface area contributed by atoms with E-state index < -0.39 is 5.79 Å². The maximum absolute atomic E-state index is 13.0. The number of imidazole rings is 1. The molecule has 0 unspecified atom stereocenters. The van der Waals surface area contributed by atoms with Gasteiger partial charge in [-0.15, -0.1) is 0 Å². The highest BCUT2D eigenvalue weighted by Crippen LogP contribution is 2.31. The van der Waals surface area contributed by atoms with Crippen LogP contribution < -0.4 is 0 Å². The second-order valence-corrected chi connectivity index (χ2v) is 6.23. The van der Waals surface area contributed by atoms with Gasteiger partial charge >= 0.3 is 0 Å². The number of likely N-dealkylation sites (tertiary alicyclic amines) is 1. The summed E-state index contributed by atoms with van der Waals surface area (Å²) in [5.41, 5.74) is 2.23. The Bertz CT molecular complexity index is 724. The third kappa shape index (κ3) is 2.52. The van der Waals surface area contributed by atoms with Crippen molar-refractivity contribution in [3.8, 4) is 0 Å². The van der Waals surface area contributed by atoms with Gasteiger partial charge in [0.25, 0.3) is 5.91 Å². The summed E-state index contributed by atoms with van der Waals surface area (Å²) < 4.78 is 13.6. The van der Waals surface area contributed by atoms with E-state index in [1.54, 1.807) is 0 Å². The molecule has 6 nitrogen and oxygen atoms in total. The smallest absolute Gasteiger partial charge is 0.272 e. The number of nitrogens with zero attached hydrogens (tertiary/aromatic N) is 3. The number of ether oxygens (including phenoxy) is 2. The van der Waals surface area contributed by atoms with Crippen molar-refractivity contribution in [3.63, 3.8) is 0 Å². The fourth-order valence-corrected chi connectivity index (χ4v) is 3.48. The maximum Gasteiger partial charge on any atom is 0.272 e. The van der Waals surface area contributed by atoms with Gasteiger partial charge < -0.3 is 14.4 Å². The first-order valence-corrected chi connectivity index (χ1v) is 8.19. The fourth-order valence-electron chi connectivity index (χ4n) is 3.48. The van der Waals surface area contributed by atoms with Crippen LogP contribution in [-0.4, -0.2) is 52.3 Å². The van der Waals surface area contributed by atoms with Crippen LogP contribution in [0.15, 0.2) is 24.4 Å². The summed E-state index contributed by atoms with van der Waals surface area (Å²) in [7, 11) is 0. The molecular formula is C17H21N3O3. The highest BCUT2D eigenvalue weighted by atomic mass is 16.7. The molecule has 0 aliphatic carbocycles. The van der Waals surface area contributed by atoms with Crippen molar-refractivity contribution in [2.75, 3.05) is 26.3 Å². The summed E-state index contributed by atoms with van der Waals surface area (Å²) in [6, 6.07) is 5.76. The third-order valence-electron chi connectivity index (χ3n) is 4.74. The van der Waals surface area contributed by atoms with Gasteiger partial charge in [-0.1, -0.05) is 6.07 Å². The Morgan fingerprint density at radius 2 is 1.96 bits per heavy atom. The number of carbonyl (C=O) groups excluding carboxylic acids is 1. The minimum atomic E-state index is -0.469. The average molecular weight is 315 g/mol. The average Bonchev–Trinajstić information content (AvgIpc) is 2.91. The Labute approximate surface area is 135 Å². The number of aryl methyl sites for hydroxylation is 1. The first-order chi connectivity index (χ1) is 11.2. The molecular weight excluding hydrogens is 294 g/mol. The second-order valence-electron chi connectivity index (χ2n) is 6.23. The van der Waals surface area contributed by atoms with Crippen LogP contribution in [0, 0.1) is 6.92 Å². The Hall–Kier alpha value is -1.92. The molecule has 2 aromatic heterocycles. The van der Waals surface area contributed by atoms with Crippen LogP contribution >= 0.6 is 0 Å². The van der Waals surface area contributed by atoms with Crippen LogP contribution in [0.5, 0.6) is 0 Å². The predicted octanol–water partition coefficient (Wildman–Crippen LogP) is 2.01. The van der Waals surface area contributed by atoms with Gasteiger partial charge in [0.15, 0.2) is 5.79 Å². The number of amides is 1. The van der Waals surface area contributed by atoms with Crippen LogP contribution in [0.3, 0.4) is 0 Å². The van der Waals surface area contributed by atoms with Gasteiger partial charge in [-0.2, -0.15) is 0 Å². The monoisotopic (exact) mass is 315 g/mol. The molecule has 2 aliphatic heterocycles. The van der Waals surface area contributed by atoms with E-state index >= 15 is 0 Å². The standard InChI is InChI=1S/C17H21N3O3/c1-13-15(20-8-3-2-5-14(20)18-13)16(21)19-9-6-17(7-10-19)22-11-4-12-23-17/h2-3,5,8H,4,6-7,9-12H2,1H3. The van der Waals surface area contributed by atoms with Crippen molar-refractivity contribution in [3.05, 3.63) is 35.8 Å². The van der Waals surface area contributed by atoms with Gasteiger partial charge in [0, 0.05) is 32.1 Å². The summed E-state index contributed by atoms with van der Waals surface area (Å²) in [6.07, 6.45) is 4.30. The van der Waals surface area contributed by atoms with E-state index in [0.29, 0.717) is 18.8 Å². The van der Waals surface area contributed by atoms with Crippen molar-refractivity contribution >= 4 is 11.6 Å². The van der Waals surface area contributed by atoms with E-state index in [9.17, 15) is 4.79 Å². The summed E-state index contributed by atoms with van der Waals surface area (Å²) >= 11 is 0. The van der Waals surface area contributed by atoms with Crippen LogP contribution in [0.25, 0.3) is 5.65 Å². The fraction of sp³-hybridized carbons (Fsp3) is 0.529. The Balaban J connectivity index is 1.54. The van der Waals surface area contributed by atoms with E-state index in [1.807, 2.05) is 40.6 Å². The second kappa shape index (κ2) is 5.62. The van der Waals surface area contributed by atoms with Crippen molar-refractivity contribution in [2.24, 2.45) is 0 Å². The van der Waals surface area contributed by atoms with Crippen LogP contribution in [0.1, 0.15) is 35.4 Å². The molecule has 0 saturated carbocycles. The molecule has 0 atom stereocenters. The predicted molar refractivity (Wildman–Crippen MR) is 84.3 cm³/mol. The SMILES string of the molecule is Cc1nc2ccccn2c1C(=O)N1CCC2(CC1)OCCCO2. The lowest BCUT2D eigenvalue weighted by Crippen LogP contribution is -2.51. The quantitative estimate of drug-likeness (QED) is 0.808. The van der Waals surface area contributed by atoms with Gasteiger partial charge in [-0.3, -0.25) is 9.20 Å². The summed E-state index contributed by atoms with van der Waals surface area (Å²) in [5.74, 6) is -0.435. The van der Waals surface area contributed by atoms with Gasteiger partial charge in [-0.05, 0) is 25.5 Å². The number of hydrogen-bond donors (Lipinski definition) is 0. The number of aromatic nitrogens is 2. The highest BCUT2D eigenvalue weighted by molar-refractivity contribution is 5.94. The van der Waals surface area contributed by atoms with Gasteiger partial charge in [0.2, 0.25) is 0 Å². The zero-order chi connectivity index (χ0) is 15.9. The van der Waals surface area contributed by atoms with Gasteiger partial charge in [-0.25, -0.2) is 4.98 Å². The lowest BCUT2D eigenvalue weighted by atomic mass is 10.0. The topological polar surface area (TPSA) is 56.1 Å². The summed E-state index contributed by atoms with van der Waals surface area (Å²) in [5, 5.41) is 0.